The van der Waals surface area contributed by atoms with Crippen molar-refractivity contribution in [1.82, 2.24) is 15.3 Å². The number of aryl methyl sites for hydroxylation is 1. The van der Waals surface area contributed by atoms with Crippen molar-refractivity contribution in [1.29, 1.82) is 0 Å². The Balaban J connectivity index is 2.09. The van der Waals surface area contributed by atoms with Crippen molar-refractivity contribution in [3.63, 3.8) is 0 Å². The number of hydrogen-bond acceptors (Lipinski definition) is 5. The first-order valence-electron chi connectivity index (χ1n) is 6.72. The molecule has 0 aliphatic heterocycles. The van der Waals surface area contributed by atoms with E-state index in [0.717, 1.165) is 11.3 Å². The monoisotopic (exact) mass is 320 g/mol. The highest BCUT2D eigenvalue weighted by Gasteiger charge is 2.09. The van der Waals surface area contributed by atoms with Gasteiger partial charge in [0.05, 0.1) is 6.61 Å². The minimum absolute atomic E-state index is 0.268. The molecule has 0 atom stereocenters. The second-order valence-electron chi connectivity index (χ2n) is 4.62. The summed E-state index contributed by atoms with van der Waals surface area (Å²) in [4.78, 5) is 20.0. The van der Waals surface area contributed by atoms with Gasteiger partial charge in [-0.1, -0.05) is 11.6 Å². The number of methoxy groups -OCH3 is 1. The fourth-order valence-corrected chi connectivity index (χ4v) is 2.04. The largest absolute Gasteiger partial charge is 0.383 e. The Hall–Kier alpha value is -2.18. The lowest BCUT2D eigenvalue weighted by Crippen LogP contribution is -2.27. The maximum absolute atomic E-state index is 11.9. The molecule has 1 amide bonds. The van der Waals surface area contributed by atoms with Gasteiger partial charge in [-0.2, -0.15) is 0 Å². The van der Waals surface area contributed by atoms with Crippen molar-refractivity contribution in [2.24, 2.45) is 0 Å². The molecule has 0 aliphatic carbocycles. The van der Waals surface area contributed by atoms with Crippen LogP contribution in [0.5, 0.6) is 0 Å². The standard InChI is InChI=1S/C15H17ClN4O2/c1-10-7-11(16)3-4-12(10)20-14-8-13(18-9-19-14)15(21)17-5-6-22-2/h3-4,7-9H,5-6H2,1-2H3,(H,17,21)(H,18,19,20). The second-order valence-corrected chi connectivity index (χ2v) is 5.06. The molecule has 22 heavy (non-hydrogen) atoms. The van der Waals surface area contributed by atoms with Crippen LogP contribution in [0, 0.1) is 6.92 Å². The number of aromatic nitrogens is 2. The van der Waals surface area contributed by atoms with Crippen molar-refractivity contribution in [3.05, 3.63) is 46.9 Å². The number of halogens is 1. The Morgan fingerprint density at radius 2 is 2.14 bits per heavy atom. The summed E-state index contributed by atoms with van der Waals surface area (Å²) in [6.07, 6.45) is 1.35. The molecule has 7 heteroatoms. The van der Waals surface area contributed by atoms with Crippen LogP contribution in [0.25, 0.3) is 0 Å². The molecule has 0 aliphatic rings. The number of benzene rings is 1. The highest BCUT2D eigenvalue weighted by molar-refractivity contribution is 6.30. The summed E-state index contributed by atoms with van der Waals surface area (Å²) in [6.45, 7) is 2.82. The van der Waals surface area contributed by atoms with Crippen molar-refractivity contribution in [2.75, 3.05) is 25.6 Å². The Morgan fingerprint density at radius 3 is 2.86 bits per heavy atom. The quantitative estimate of drug-likeness (QED) is 0.800. The molecular weight excluding hydrogens is 304 g/mol. The van der Waals surface area contributed by atoms with Gasteiger partial charge in [-0.3, -0.25) is 4.79 Å². The molecule has 116 valence electrons. The van der Waals surface area contributed by atoms with E-state index in [-0.39, 0.29) is 5.91 Å². The van der Waals surface area contributed by atoms with Crippen LogP contribution < -0.4 is 10.6 Å². The van der Waals surface area contributed by atoms with E-state index in [9.17, 15) is 4.79 Å². The summed E-state index contributed by atoms with van der Waals surface area (Å²) in [5.74, 6) is 0.271. The Morgan fingerprint density at radius 1 is 1.32 bits per heavy atom. The van der Waals surface area contributed by atoms with Gasteiger partial charge in [0.15, 0.2) is 0 Å². The van der Waals surface area contributed by atoms with Crippen LogP contribution in [-0.4, -0.2) is 36.1 Å². The molecule has 0 spiro atoms. The van der Waals surface area contributed by atoms with E-state index >= 15 is 0 Å². The van der Waals surface area contributed by atoms with Crippen LogP contribution in [-0.2, 0) is 4.74 Å². The van der Waals surface area contributed by atoms with Gasteiger partial charge in [-0.05, 0) is 30.7 Å². The lowest BCUT2D eigenvalue weighted by atomic mass is 10.2. The topological polar surface area (TPSA) is 76.1 Å². The van der Waals surface area contributed by atoms with Crippen LogP contribution in [0.2, 0.25) is 5.02 Å². The Labute approximate surface area is 133 Å². The summed E-state index contributed by atoms with van der Waals surface area (Å²) < 4.78 is 4.88. The van der Waals surface area contributed by atoms with Crippen molar-refractivity contribution in [3.8, 4) is 0 Å². The molecule has 1 heterocycles. The predicted octanol–water partition coefficient (Wildman–Crippen LogP) is 2.56. The number of carbonyl (C=O) groups is 1. The molecule has 1 aromatic heterocycles. The first-order chi connectivity index (χ1) is 10.6. The van der Waals surface area contributed by atoms with Crippen molar-refractivity contribution < 1.29 is 9.53 Å². The van der Waals surface area contributed by atoms with Gasteiger partial charge in [-0.15, -0.1) is 0 Å². The van der Waals surface area contributed by atoms with Gasteiger partial charge in [-0.25, -0.2) is 9.97 Å². The first kappa shape index (κ1) is 16.2. The molecular formula is C15H17ClN4O2. The van der Waals surface area contributed by atoms with Crippen LogP contribution in [0.15, 0.2) is 30.6 Å². The Bertz CT molecular complexity index is 664. The molecule has 0 fully saturated rings. The van der Waals surface area contributed by atoms with Crippen LogP contribution in [0.4, 0.5) is 11.5 Å². The number of rotatable bonds is 6. The average Bonchev–Trinajstić information content (AvgIpc) is 2.50. The number of amides is 1. The fraction of sp³-hybridized carbons (Fsp3) is 0.267. The van der Waals surface area contributed by atoms with E-state index in [1.807, 2.05) is 19.1 Å². The van der Waals surface area contributed by atoms with Gasteiger partial charge < -0.3 is 15.4 Å². The van der Waals surface area contributed by atoms with E-state index < -0.39 is 0 Å². The highest BCUT2D eigenvalue weighted by Crippen LogP contribution is 2.22. The molecule has 0 saturated heterocycles. The van der Waals surface area contributed by atoms with E-state index in [0.29, 0.717) is 29.7 Å². The maximum Gasteiger partial charge on any atom is 0.270 e. The Kier molecular flexibility index (Phi) is 5.68. The van der Waals surface area contributed by atoms with Crippen LogP contribution in [0.3, 0.4) is 0 Å². The highest BCUT2D eigenvalue weighted by atomic mass is 35.5. The summed E-state index contributed by atoms with van der Waals surface area (Å²) in [5, 5.41) is 6.53. The number of ether oxygens (including phenoxy) is 1. The molecule has 0 bridgehead atoms. The predicted molar refractivity (Wildman–Crippen MR) is 85.7 cm³/mol. The van der Waals surface area contributed by atoms with Gasteiger partial charge in [0.1, 0.15) is 17.8 Å². The van der Waals surface area contributed by atoms with E-state index in [1.165, 1.54) is 6.33 Å². The van der Waals surface area contributed by atoms with Gasteiger partial charge in [0.25, 0.3) is 5.91 Å². The average molecular weight is 321 g/mol. The fourth-order valence-electron chi connectivity index (χ4n) is 1.81. The third-order valence-electron chi connectivity index (χ3n) is 2.94. The maximum atomic E-state index is 11.9. The van der Waals surface area contributed by atoms with E-state index in [2.05, 4.69) is 20.6 Å². The minimum Gasteiger partial charge on any atom is -0.383 e. The van der Waals surface area contributed by atoms with Crippen molar-refractivity contribution >= 4 is 29.0 Å². The molecule has 6 nitrogen and oxygen atoms in total. The van der Waals surface area contributed by atoms with Crippen LogP contribution >= 0.6 is 11.6 Å². The molecule has 0 radical (unpaired) electrons. The normalized spacial score (nSPS) is 10.3. The number of anilines is 2. The van der Waals surface area contributed by atoms with Gasteiger partial charge in [0, 0.05) is 30.4 Å². The van der Waals surface area contributed by atoms with Gasteiger partial charge >= 0.3 is 0 Å². The summed E-state index contributed by atoms with van der Waals surface area (Å²) in [6, 6.07) is 7.09. The lowest BCUT2D eigenvalue weighted by Gasteiger charge is -2.10. The smallest absolute Gasteiger partial charge is 0.270 e. The SMILES string of the molecule is COCCNC(=O)c1cc(Nc2ccc(Cl)cc2C)ncn1. The molecule has 2 aromatic rings. The van der Waals surface area contributed by atoms with Gasteiger partial charge in [0.2, 0.25) is 0 Å². The first-order valence-corrected chi connectivity index (χ1v) is 7.10. The number of nitrogens with one attached hydrogen (secondary N) is 2. The zero-order chi connectivity index (χ0) is 15.9. The summed E-state index contributed by atoms with van der Waals surface area (Å²) in [5.41, 5.74) is 2.14. The zero-order valence-corrected chi connectivity index (χ0v) is 13.1. The van der Waals surface area contributed by atoms with Crippen LogP contribution in [0.1, 0.15) is 16.1 Å². The summed E-state index contributed by atoms with van der Waals surface area (Å²) in [7, 11) is 1.58. The second kappa shape index (κ2) is 7.72. The van der Waals surface area contributed by atoms with Crippen molar-refractivity contribution in [2.45, 2.75) is 6.92 Å². The molecule has 1 aromatic carbocycles. The number of hydrogen-bond donors (Lipinski definition) is 2. The third-order valence-corrected chi connectivity index (χ3v) is 3.18. The molecule has 2 rings (SSSR count). The van der Waals surface area contributed by atoms with E-state index in [1.54, 1.807) is 19.2 Å². The minimum atomic E-state index is -0.268. The molecule has 0 unspecified atom stereocenters. The molecule has 2 N–H and O–H groups in total. The zero-order valence-electron chi connectivity index (χ0n) is 12.4. The number of carbonyl (C=O) groups excluding carboxylic acids is 1. The third kappa shape index (κ3) is 4.41. The summed E-state index contributed by atoms with van der Waals surface area (Å²) >= 11 is 5.93. The van der Waals surface area contributed by atoms with E-state index in [4.69, 9.17) is 16.3 Å². The number of nitrogens with zero attached hydrogens (tertiary/aromatic N) is 2. The lowest BCUT2D eigenvalue weighted by molar-refractivity contribution is 0.0932. The molecule has 0 saturated carbocycles.